The molecule has 1 heteroatoms. The fraction of sp³-hybridized carbons (Fsp3) is 0.100. The minimum Gasteiger partial charge on any atom is -0.360 e. The predicted octanol–water partition coefficient (Wildman–Crippen LogP) is 4.10. The van der Waals surface area contributed by atoms with Gasteiger partial charge in [0.2, 0.25) is 0 Å². The van der Waals surface area contributed by atoms with Crippen LogP contribution in [-0.2, 0) is 4.74 Å². The summed E-state index contributed by atoms with van der Waals surface area (Å²) in [6.07, 6.45) is 2.83. The van der Waals surface area contributed by atoms with Crippen LogP contribution in [-0.4, -0.2) is 6.10 Å². The number of hydrogen-bond donors (Lipinski definition) is 0. The molecule has 4 aromatic carbocycles. The van der Waals surface area contributed by atoms with Crippen LogP contribution in [0.15, 0.2) is 54.6 Å². The molecule has 1 saturated heterocycles. The Hall–Kier alpha value is -2.38. The zero-order valence-electron chi connectivity index (χ0n) is 11.3. The molecule has 0 spiro atoms. The molecule has 21 heavy (non-hydrogen) atoms. The van der Waals surface area contributed by atoms with E-state index in [-0.39, 0.29) is 12.2 Å². The summed E-state index contributed by atoms with van der Waals surface area (Å²) in [7, 11) is 0. The van der Waals surface area contributed by atoms with Crippen molar-refractivity contribution in [2.24, 2.45) is 0 Å². The van der Waals surface area contributed by atoms with Gasteiger partial charge in [-0.05, 0) is 43.6 Å². The number of hydrogen-bond acceptors (Lipinski definition) is 1. The van der Waals surface area contributed by atoms with Crippen molar-refractivity contribution in [2.45, 2.75) is 12.2 Å². The van der Waals surface area contributed by atoms with Crippen molar-refractivity contribution in [3.05, 3.63) is 65.4 Å². The van der Waals surface area contributed by atoms with Gasteiger partial charge in [-0.3, -0.25) is 0 Å². The molecule has 0 N–H and O–H groups in total. The Morgan fingerprint density at radius 1 is 0.714 bits per heavy atom. The molecule has 1 aliphatic carbocycles. The highest BCUT2D eigenvalue weighted by Gasteiger charge is 2.43. The molecular formula is C20H12O. The highest BCUT2D eigenvalue weighted by atomic mass is 16.6. The second-order valence-electron chi connectivity index (χ2n) is 6.08. The molecule has 2 atom stereocenters. The first-order valence-electron chi connectivity index (χ1n) is 7.45. The van der Waals surface area contributed by atoms with Gasteiger partial charge in [0.25, 0.3) is 0 Å². The fourth-order valence-electron chi connectivity index (χ4n) is 4.09. The highest BCUT2D eigenvalue weighted by molar-refractivity contribution is 6.23. The number of ether oxygens (including phenoxy) is 1. The van der Waals surface area contributed by atoms with Crippen LogP contribution in [0.3, 0.4) is 0 Å². The van der Waals surface area contributed by atoms with Gasteiger partial charge in [-0.2, -0.15) is 0 Å². The summed E-state index contributed by atoms with van der Waals surface area (Å²) in [6, 6.07) is 19.9. The Morgan fingerprint density at radius 3 is 2.52 bits per heavy atom. The third-order valence-electron chi connectivity index (χ3n) is 5.01. The third kappa shape index (κ3) is 1.13. The molecule has 98 valence electrons. The first kappa shape index (κ1) is 10.4. The van der Waals surface area contributed by atoms with Gasteiger partial charge in [0, 0.05) is 5.56 Å². The van der Waals surface area contributed by atoms with Gasteiger partial charge in [0.15, 0.2) is 0 Å². The summed E-state index contributed by atoms with van der Waals surface area (Å²) in [5.41, 5.74) is 1.40. The average molecular weight is 268 g/mol. The zero-order chi connectivity index (χ0) is 13.6. The Kier molecular flexibility index (Phi) is 1.61. The molecule has 1 heterocycles. The molecule has 2 aliphatic rings. The second kappa shape index (κ2) is 3.26. The summed E-state index contributed by atoms with van der Waals surface area (Å²) < 4.78 is 5.91. The summed E-state index contributed by atoms with van der Waals surface area (Å²) in [5.74, 6) is 0. The van der Waals surface area contributed by atoms with E-state index < -0.39 is 0 Å². The number of rotatable bonds is 0. The first-order chi connectivity index (χ1) is 10.4. The Bertz CT molecular complexity index is 1120. The lowest BCUT2D eigenvalue weighted by Crippen LogP contribution is -2.11. The minimum absolute atomic E-state index is 0.262. The van der Waals surface area contributed by atoms with E-state index in [4.69, 9.17) is 4.74 Å². The molecular weight excluding hydrogens is 256 g/mol. The molecule has 1 fully saturated rings. The largest absolute Gasteiger partial charge is 0.360 e. The van der Waals surface area contributed by atoms with Crippen LogP contribution in [0.2, 0.25) is 0 Å². The molecule has 4 aromatic rings. The van der Waals surface area contributed by atoms with Crippen LogP contribution < -0.4 is 5.22 Å². The van der Waals surface area contributed by atoms with E-state index in [1.165, 1.54) is 43.1 Å². The molecule has 0 bridgehead atoms. The maximum Gasteiger partial charge on any atom is 0.114 e. The van der Waals surface area contributed by atoms with Crippen molar-refractivity contribution in [1.82, 2.24) is 0 Å². The van der Waals surface area contributed by atoms with E-state index in [1.807, 2.05) is 0 Å². The third-order valence-corrected chi connectivity index (χ3v) is 5.01. The van der Waals surface area contributed by atoms with Gasteiger partial charge in [-0.25, -0.2) is 0 Å². The van der Waals surface area contributed by atoms with Crippen molar-refractivity contribution in [2.75, 3.05) is 0 Å². The highest BCUT2D eigenvalue weighted by Crippen LogP contribution is 2.49. The Labute approximate surface area is 121 Å². The van der Waals surface area contributed by atoms with Crippen LogP contribution in [0.4, 0.5) is 0 Å². The second-order valence-corrected chi connectivity index (χ2v) is 6.08. The lowest BCUT2D eigenvalue weighted by Gasteiger charge is -2.16. The normalized spacial score (nSPS) is 22.5. The molecule has 0 saturated carbocycles. The van der Waals surface area contributed by atoms with Gasteiger partial charge < -0.3 is 4.74 Å². The predicted molar refractivity (Wildman–Crippen MR) is 86.3 cm³/mol. The summed E-state index contributed by atoms with van der Waals surface area (Å²) in [6.45, 7) is 0. The Balaban J connectivity index is 2.09. The molecule has 2 unspecified atom stereocenters. The van der Waals surface area contributed by atoms with Crippen molar-refractivity contribution in [3.63, 3.8) is 0 Å². The van der Waals surface area contributed by atoms with E-state index in [2.05, 4.69) is 60.7 Å². The monoisotopic (exact) mass is 268 g/mol. The van der Waals surface area contributed by atoms with Gasteiger partial charge in [0.1, 0.15) is 12.2 Å². The zero-order valence-corrected chi connectivity index (χ0v) is 11.3. The van der Waals surface area contributed by atoms with Crippen LogP contribution >= 0.6 is 0 Å². The molecule has 6 rings (SSSR count). The lowest BCUT2D eigenvalue weighted by atomic mass is 9.85. The van der Waals surface area contributed by atoms with Crippen molar-refractivity contribution < 1.29 is 4.74 Å². The van der Waals surface area contributed by atoms with E-state index in [0.29, 0.717) is 0 Å². The first-order valence-corrected chi connectivity index (χ1v) is 7.45. The maximum absolute atomic E-state index is 5.91. The van der Waals surface area contributed by atoms with Gasteiger partial charge in [-0.15, -0.1) is 0 Å². The van der Waals surface area contributed by atoms with E-state index >= 15 is 0 Å². The van der Waals surface area contributed by atoms with Crippen LogP contribution in [0.1, 0.15) is 11.7 Å². The summed E-state index contributed by atoms with van der Waals surface area (Å²) in [5, 5.41) is 9.51. The van der Waals surface area contributed by atoms with Crippen LogP contribution in [0.25, 0.3) is 38.4 Å². The van der Waals surface area contributed by atoms with Crippen LogP contribution in [0.5, 0.6) is 0 Å². The average Bonchev–Trinajstić information content (AvgIpc) is 3.31. The quantitative estimate of drug-likeness (QED) is 0.266. The van der Waals surface area contributed by atoms with Crippen LogP contribution in [0, 0.1) is 0 Å². The molecule has 1 aliphatic heterocycles. The summed E-state index contributed by atoms with van der Waals surface area (Å²) in [4.78, 5) is 0. The summed E-state index contributed by atoms with van der Waals surface area (Å²) >= 11 is 0. The van der Waals surface area contributed by atoms with Gasteiger partial charge >= 0.3 is 0 Å². The van der Waals surface area contributed by atoms with Gasteiger partial charge in [-0.1, -0.05) is 54.6 Å². The SMILES string of the molecule is C1=c2ccc3cccc4c5ccccc5c(c2c34)C2OC12. The van der Waals surface area contributed by atoms with E-state index in [0.717, 1.165) is 0 Å². The number of fused-ring (bicyclic) bond motifs is 5. The maximum atomic E-state index is 5.91. The van der Waals surface area contributed by atoms with E-state index in [9.17, 15) is 0 Å². The van der Waals surface area contributed by atoms with Gasteiger partial charge in [0.05, 0.1) is 0 Å². The van der Waals surface area contributed by atoms with Crippen molar-refractivity contribution in [3.8, 4) is 0 Å². The van der Waals surface area contributed by atoms with Crippen molar-refractivity contribution >= 4 is 38.4 Å². The number of epoxide rings is 1. The standard InChI is InChI=1S/C20H12O/c1-2-6-15-13(5-1)14-7-3-4-11-8-9-12-10-16-20(21-16)19(15)18(12)17(11)14/h1-10,16,20H. The molecule has 1 nitrogen and oxygen atoms in total. The molecule has 0 radical (unpaired) electrons. The van der Waals surface area contributed by atoms with Crippen molar-refractivity contribution in [1.29, 1.82) is 0 Å². The smallest absolute Gasteiger partial charge is 0.114 e. The lowest BCUT2D eigenvalue weighted by molar-refractivity contribution is 0.402. The minimum atomic E-state index is 0.262. The number of benzene rings is 4. The fourth-order valence-corrected chi connectivity index (χ4v) is 4.09. The topological polar surface area (TPSA) is 12.5 Å². The molecule has 0 aromatic heterocycles. The van der Waals surface area contributed by atoms with E-state index in [1.54, 1.807) is 0 Å². The Morgan fingerprint density at radius 2 is 1.57 bits per heavy atom. The molecule has 0 amide bonds.